The molecular formula is C13H9ClN2O4. The minimum atomic E-state index is -1.33. The molecular weight excluding hydrogens is 284 g/mol. The van der Waals surface area contributed by atoms with E-state index in [1.165, 1.54) is 18.2 Å². The van der Waals surface area contributed by atoms with E-state index in [1.807, 2.05) is 0 Å². The van der Waals surface area contributed by atoms with Crippen LogP contribution in [-0.2, 0) is 0 Å². The second-order valence-corrected chi connectivity index (χ2v) is 4.28. The highest BCUT2D eigenvalue weighted by Gasteiger charge is 2.25. The lowest BCUT2D eigenvalue weighted by Gasteiger charge is -2.19. The van der Waals surface area contributed by atoms with E-state index < -0.39 is 11.0 Å². The van der Waals surface area contributed by atoms with Crippen molar-refractivity contribution in [3.63, 3.8) is 0 Å². The van der Waals surface area contributed by atoms with E-state index in [-0.39, 0.29) is 16.4 Å². The first-order chi connectivity index (χ1) is 9.50. The molecule has 6 nitrogen and oxygen atoms in total. The van der Waals surface area contributed by atoms with Gasteiger partial charge >= 0.3 is 6.09 Å². The molecule has 0 fully saturated rings. The van der Waals surface area contributed by atoms with Crippen molar-refractivity contribution in [3.05, 3.63) is 63.7 Å². The maximum atomic E-state index is 11.4. The molecule has 0 saturated carbocycles. The summed E-state index contributed by atoms with van der Waals surface area (Å²) in [7, 11) is 0. The third kappa shape index (κ3) is 2.70. The zero-order valence-corrected chi connectivity index (χ0v) is 10.8. The quantitative estimate of drug-likeness (QED) is 0.683. The minimum absolute atomic E-state index is 0.0961. The Balaban J connectivity index is 2.64. The maximum absolute atomic E-state index is 11.4. The van der Waals surface area contributed by atoms with Gasteiger partial charge in [-0.3, -0.25) is 10.1 Å². The molecule has 0 radical (unpaired) electrons. The Hall–Kier alpha value is -2.60. The van der Waals surface area contributed by atoms with Crippen LogP contribution in [0.5, 0.6) is 0 Å². The lowest BCUT2D eigenvalue weighted by molar-refractivity contribution is -0.384. The van der Waals surface area contributed by atoms with E-state index >= 15 is 0 Å². The number of carbonyl (C=O) groups is 1. The number of anilines is 2. The van der Waals surface area contributed by atoms with Gasteiger partial charge < -0.3 is 5.11 Å². The summed E-state index contributed by atoms with van der Waals surface area (Å²) in [6, 6.07) is 11.8. The Kier molecular flexibility index (Phi) is 3.86. The highest BCUT2D eigenvalue weighted by molar-refractivity contribution is 6.31. The summed E-state index contributed by atoms with van der Waals surface area (Å²) in [6.07, 6.45) is -1.33. The van der Waals surface area contributed by atoms with Gasteiger partial charge in [-0.1, -0.05) is 29.8 Å². The standard InChI is InChI=1S/C13H9ClN2O4/c14-9-6-7-11(16(19)20)12(8-9)15(13(17)18)10-4-2-1-3-5-10/h1-8H,(H,17,18). The Bertz CT molecular complexity index is 661. The number of benzene rings is 2. The van der Waals surface area contributed by atoms with E-state index in [1.54, 1.807) is 30.3 Å². The normalized spacial score (nSPS) is 10.1. The average molecular weight is 293 g/mol. The van der Waals surface area contributed by atoms with E-state index in [0.29, 0.717) is 5.69 Å². The van der Waals surface area contributed by atoms with E-state index in [0.717, 1.165) is 4.90 Å². The number of hydrogen-bond acceptors (Lipinski definition) is 3. The van der Waals surface area contributed by atoms with Crippen molar-refractivity contribution in [2.45, 2.75) is 0 Å². The van der Waals surface area contributed by atoms with Gasteiger partial charge in [0.25, 0.3) is 5.69 Å². The van der Waals surface area contributed by atoms with Crippen LogP contribution in [0.2, 0.25) is 5.02 Å². The monoisotopic (exact) mass is 292 g/mol. The number of rotatable bonds is 3. The fraction of sp³-hybridized carbons (Fsp3) is 0. The van der Waals surface area contributed by atoms with Crippen molar-refractivity contribution in [1.82, 2.24) is 0 Å². The fourth-order valence-electron chi connectivity index (χ4n) is 1.76. The third-order valence-electron chi connectivity index (χ3n) is 2.58. The summed E-state index contributed by atoms with van der Waals surface area (Å²) < 4.78 is 0. The van der Waals surface area contributed by atoms with Crippen LogP contribution in [-0.4, -0.2) is 16.1 Å². The maximum Gasteiger partial charge on any atom is 0.416 e. The molecule has 0 aromatic heterocycles. The molecule has 7 heteroatoms. The number of hydrogen-bond donors (Lipinski definition) is 1. The minimum Gasteiger partial charge on any atom is -0.464 e. The lowest BCUT2D eigenvalue weighted by Crippen LogP contribution is -2.24. The van der Waals surface area contributed by atoms with Crippen LogP contribution in [0.15, 0.2) is 48.5 Å². The number of nitro benzene ring substituents is 1. The molecule has 2 aromatic carbocycles. The molecule has 0 bridgehead atoms. The van der Waals surface area contributed by atoms with Gasteiger partial charge in [0, 0.05) is 11.1 Å². The number of nitro groups is 1. The summed E-state index contributed by atoms with van der Waals surface area (Å²) in [5.74, 6) is 0. The zero-order chi connectivity index (χ0) is 14.7. The van der Waals surface area contributed by atoms with Crippen molar-refractivity contribution in [1.29, 1.82) is 0 Å². The molecule has 0 aliphatic rings. The SMILES string of the molecule is O=C(O)N(c1ccccc1)c1cc(Cl)ccc1[N+](=O)[O-]. The molecule has 2 aromatic rings. The van der Waals surface area contributed by atoms with E-state index in [9.17, 15) is 20.0 Å². The second-order valence-electron chi connectivity index (χ2n) is 3.84. The molecule has 0 spiro atoms. The largest absolute Gasteiger partial charge is 0.464 e. The van der Waals surface area contributed by atoms with Gasteiger partial charge in [0.05, 0.1) is 10.6 Å². The molecule has 2 rings (SSSR count). The molecule has 0 saturated heterocycles. The molecule has 0 unspecified atom stereocenters. The summed E-state index contributed by atoms with van der Waals surface area (Å²) in [4.78, 5) is 22.7. The van der Waals surface area contributed by atoms with E-state index in [2.05, 4.69) is 0 Å². The van der Waals surface area contributed by atoms with Crippen molar-refractivity contribution < 1.29 is 14.8 Å². The van der Waals surface area contributed by atoms with Gasteiger partial charge in [-0.15, -0.1) is 0 Å². The van der Waals surface area contributed by atoms with Gasteiger partial charge in [0.2, 0.25) is 0 Å². The van der Waals surface area contributed by atoms with Crippen LogP contribution in [0.1, 0.15) is 0 Å². The summed E-state index contributed by atoms with van der Waals surface area (Å²) in [6.45, 7) is 0. The van der Waals surface area contributed by atoms with Crippen LogP contribution in [0.25, 0.3) is 0 Å². The Morgan fingerprint density at radius 1 is 1.20 bits per heavy atom. The molecule has 1 amide bonds. The number of halogens is 1. The Labute approximate surface area is 119 Å². The van der Waals surface area contributed by atoms with Gasteiger partial charge in [0.15, 0.2) is 0 Å². The first-order valence-corrected chi connectivity index (χ1v) is 5.90. The van der Waals surface area contributed by atoms with Gasteiger partial charge in [-0.05, 0) is 24.3 Å². The van der Waals surface area contributed by atoms with Gasteiger partial charge in [-0.2, -0.15) is 0 Å². The molecule has 1 N–H and O–H groups in total. The second kappa shape index (κ2) is 5.58. The fourth-order valence-corrected chi connectivity index (χ4v) is 1.93. The average Bonchev–Trinajstić information content (AvgIpc) is 2.39. The number of amides is 1. The topological polar surface area (TPSA) is 83.7 Å². The predicted octanol–water partition coefficient (Wildman–Crippen LogP) is 4.06. The van der Waals surface area contributed by atoms with Gasteiger partial charge in [-0.25, -0.2) is 9.69 Å². The predicted molar refractivity (Wildman–Crippen MR) is 74.7 cm³/mol. The smallest absolute Gasteiger partial charge is 0.416 e. The van der Waals surface area contributed by atoms with Crippen LogP contribution in [0, 0.1) is 10.1 Å². The van der Waals surface area contributed by atoms with Crippen molar-refractivity contribution in [2.24, 2.45) is 0 Å². The van der Waals surface area contributed by atoms with Crippen LogP contribution in [0.4, 0.5) is 21.9 Å². The van der Waals surface area contributed by atoms with Gasteiger partial charge in [0.1, 0.15) is 5.69 Å². The zero-order valence-electron chi connectivity index (χ0n) is 10.1. The van der Waals surface area contributed by atoms with Crippen molar-refractivity contribution in [2.75, 3.05) is 4.90 Å². The lowest BCUT2D eigenvalue weighted by atomic mass is 10.2. The van der Waals surface area contributed by atoms with E-state index in [4.69, 9.17) is 11.6 Å². The third-order valence-corrected chi connectivity index (χ3v) is 2.82. The number of carboxylic acid groups (broad SMARTS) is 1. The Morgan fingerprint density at radius 2 is 1.85 bits per heavy atom. The van der Waals surface area contributed by atoms with Crippen LogP contribution >= 0.6 is 11.6 Å². The summed E-state index contributed by atoms with van der Waals surface area (Å²) in [5.41, 5.74) is -0.132. The molecule has 0 aliphatic heterocycles. The first kappa shape index (κ1) is 13.8. The number of para-hydroxylation sites is 1. The van der Waals surface area contributed by atoms with Crippen LogP contribution < -0.4 is 4.90 Å². The molecule has 0 atom stereocenters. The Morgan fingerprint density at radius 3 is 2.40 bits per heavy atom. The van der Waals surface area contributed by atoms with Crippen molar-refractivity contribution in [3.8, 4) is 0 Å². The molecule has 102 valence electrons. The summed E-state index contributed by atoms with van der Waals surface area (Å²) >= 11 is 5.82. The first-order valence-electron chi connectivity index (χ1n) is 5.53. The summed E-state index contributed by atoms with van der Waals surface area (Å²) in [5, 5.41) is 20.6. The molecule has 0 heterocycles. The number of nitrogens with zero attached hydrogens (tertiary/aromatic N) is 2. The van der Waals surface area contributed by atoms with Crippen molar-refractivity contribution >= 4 is 34.8 Å². The highest BCUT2D eigenvalue weighted by Crippen LogP contribution is 2.35. The molecule has 0 aliphatic carbocycles. The highest BCUT2D eigenvalue weighted by atomic mass is 35.5. The van der Waals surface area contributed by atoms with Crippen LogP contribution in [0.3, 0.4) is 0 Å². The molecule has 20 heavy (non-hydrogen) atoms.